The molecule has 4 heavy (non-hydrogen) atoms. The molecule has 0 bridgehead atoms. The molecule has 3 nitrogen and oxygen atoms in total. The fourth-order valence-corrected chi connectivity index (χ4v) is 0. The van der Waals surface area contributed by atoms with Crippen LogP contribution in [0.3, 0.4) is 0 Å². The Labute approximate surface area is 34.4 Å². The molecule has 0 aromatic rings. The summed E-state index contributed by atoms with van der Waals surface area (Å²) in [5.41, 5.74) is 0. The molecule has 0 unspecified atom stereocenters. The summed E-state index contributed by atoms with van der Waals surface area (Å²) in [7, 11) is 0. The van der Waals surface area contributed by atoms with Crippen molar-refractivity contribution in [1.82, 2.24) is 0 Å². The van der Waals surface area contributed by atoms with Crippen LogP contribution in [-0.2, 0) is 33.5 Å². The number of rotatable bonds is 0. The Morgan fingerprint density at radius 3 is 0.500 bits per heavy atom. The van der Waals surface area contributed by atoms with Crippen molar-refractivity contribution in [3.8, 4) is 0 Å². The van der Waals surface area contributed by atoms with E-state index < -0.39 is 0 Å². The molecule has 0 spiro atoms. The molecule has 0 saturated carbocycles. The average Bonchev–Trinajstić information content (AvgIpc) is 0. The van der Waals surface area contributed by atoms with Gasteiger partial charge in [-0.15, -0.1) is 0 Å². The van der Waals surface area contributed by atoms with Gasteiger partial charge in [-0.05, 0) is 0 Å². The first-order valence-corrected chi connectivity index (χ1v) is 0. The largest absolute Gasteiger partial charge is 0.457 e. The van der Waals surface area contributed by atoms with Gasteiger partial charge in [0.15, 0.2) is 0 Å². The fourth-order valence-electron chi connectivity index (χ4n) is 0. The zero-order valence-electron chi connectivity index (χ0n) is 2.09. The second-order valence-electron chi connectivity index (χ2n) is 0. The molecule has 4 heteroatoms. The van der Waals surface area contributed by atoms with E-state index in [1.54, 1.807) is 0 Å². The van der Waals surface area contributed by atoms with E-state index in [1.165, 1.54) is 0 Å². The third-order valence-corrected chi connectivity index (χ3v) is 0. The van der Waals surface area contributed by atoms with E-state index in [9.17, 15) is 0 Å². The summed E-state index contributed by atoms with van der Waals surface area (Å²) < 4.78 is 0. The van der Waals surface area contributed by atoms with E-state index >= 15 is 0 Å². The maximum Gasteiger partial charge on any atom is 0 e. The molecule has 0 aromatic heterocycles. The summed E-state index contributed by atoms with van der Waals surface area (Å²) in [6, 6.07) is 0. The Morgan fingerprint density at radius 1 is 0.500 bits per heavy atom. The first-order chi connectivity index (χ1) is 0. The van der Waals surface area contributed by atoms with Crippen LogP contribution < -0.4 is 0 Å². The molecule has 0 radical (unpaired) electrons. The normalized spacial score (nSPS) is 0. The van der Waals surface area contributed by atoms with E-state index in [0.717, 1.165) is 0 Å². The van der Waals surface area contributed by atoms with Crippen molar-refractivity contribution in [2.45, 2.75) is 0 Å². The Morgan fingerprint density at radius 2 is 0.500 bits per heavy atom. The van der Waals surface area contributed by atoms with Gasteiger partial charge in [0, 0.05) is 17.1 Å². The zero-order valence-corrected chi connectivity index (χ0v) is 3.19. The molecule has 0 aromatic carbocycles. The van der Waals surface area contributed by atoms with Crippen LogP contribution in [0.1, 0.15) is 0 Å². The molecule has 0 aliphatic heterocycles. The molecule has 0 rings (SSSR count). The minimum Gasteiger partial charge on any atom is -0.457 e. The third kappa shape index (κ3) is 29.4. The Kier molecular flexibility index (Phi) is 9770. The van der Waals surface area contributed by atoms with Gasteiger partial charge in [-0.3, -0.25) is 0 Å². The molecule has 0 heterocycles. The van der Waals surface area contributed by atoms with Crippen molar-refractivity contribution in [2.24, 2.45) is 0 Å². The van der Waals surface area contributed by atoms with Crippen LogP contribution in [0.15, 0.2) is 0 Å². The minimum absolute atomic E-state index is 0. The fraction of sp³-hybridized carbons (Fsp3) is 0. The predicted octanol–water partition coefficient (Wildman–Crippen LogP) is -2.77. The Balaban J connectivity index is 0. The molecule has 0 amide bonds. The molecule has 0 aliphatic rings. The van der Waals surface area contributed by atoms with Crippen LogP contribution in [0.5, 0.6) is 0 Å². The summed E-state index contributed by atoms with van der Waals surface area (Å²) in [6.45, 7) is 0. The van der Waals surface area contributed by atoms with Crippen molar-refractivity contribution in [2.75, 3.05) is 0 Å². The van der Waals surface area contributed by atoms with E-state index in [-0.39, 0.29) is 33.5 Å². The van der Waals surface area contributed by atoms with E-state index in [4.69, 9.17) is 0 Å². The van der Waals surface area contributed by atoms with Gasteiger partial charge in [-0.2, -0.15) is 0 Å². The van der Waals surface area contributed by atoms with Crippen molar-refractivity contribution < 1.29 is 33.5 Å². The molecule has 0 atom stereocenters. The first-order valence-electron chi connectivity index (χ1n) is 0. The summed E-state index contributed by atoms with van der Waals surface area (Å²) in [4.78, 5) is 0. The predicted molar refractivity (Wildman–Crippen MR) is 14.6 cm³/mol. The first kappa shape index (κ1) is 319. The second kappa shape index (κ2) is 123. The van der Waals surface area contributed by atoms with Gasteiger partial charge < -0.3 is 16.4 Å². The average molecular weight is 113 g/mol. The standard InChI is InChI=1S/Fe.3H2O/h;3*1H2/p+3. The molecular formula is H9FeO3+3. The van der Waals surface area contributed by atoms with Gasteiger partial charge in [-0.1, -0.05) is 0 Å². The molecule has 9 N–H and O–H groups in total. The van der Waals surface area contributed by atoms with Crippen LogP contribution in [0.4, 0.5) is 0 Å². The van der Waals surface area contributed by atoms with Gasteiger partial charge in [0.2, 0.25) is 0 Å². The molecule has 0 saturated heterocycles. The molecule has 0 aliphatic carbocycles. The van der Waals surface area contributed by atoms with Crippen LogP contribution in [-0.4, -0.2) is 0 Å². The van der Waals surface area contributed by atoms with Crippen LogP contribution in [0.25, 0.3) is 0 Å². The van der Waals surface area contributed by atoms with Crippen molar-refractivity contribution >= 4 is 0 Å². The van der Waals surface area contributed by atoms with E-state index in [1.807, 2.05) is 0 Å². The summed E-state index contributed by atoms with van der Waals surface area (Å²) in [6.07, 6.45) is 0. The number of hydrogen-bond donors (Lipinski definition) is 0. The van der Waals surface area contributed by atoms with Gasteiger partial charge in [0.1, 0.15) is 0 Å². The van der Waals surface area contributed by atoms with Crippen molar-refractivity contribution in [3.05, 3.63) is 0 Å². The number of hydrogen-bond acceptors (Lipinski definition) is 0. The maximum atomic E-state index is 0. The molecule has 0 fully saturated rings. The van der Waals surface area contributed by atoms with Crippen LogP contribution >= 0.6 is 0 Å². The topological polar surface area (TPSA) is 99.0 Å². The van der Waals surface area contributed by atoms with Gasteiger partial charge in [-0.25, -0.2) is 0 Å². The van der Waals surface area contributed by atoms with E-state index in [0.29, 0.717) is 0 Å². The van der Waals surface area contributed by atoms with Gasteiger partial charge in [0.05, 0.1) is 0 Å². The maximum absolute atomic E-state index is 0. The molecule has 32 valence electrons. The van der Waals surface area contributed by atoms with Gasteiger partial charge >= 0.3 is 0 Å². The van der Waals surface area contributed by atoms with Crippen LogP contribution in [0, 0.1) is 0 Å². The molecular weight excluding hydrogens is 104 g/mol. The quantitative estimate of drug-likeness (QED) is 0.240. The Hall–Kier alpha value is 0.399. The minimum atomic E-state index is 0. The van der Waals surface area contributed by atoms with Gasteiger partial charge in [0.25, 0.3) is 0 Å². The van der Waals surface area contributed by atoms with Crippen LogP contribution in [0.2, 0.25) is 0 Å². The summed E-state index contributed by atoms with van der Waals surface area (Å²) in [5.74, 6) is 0. The summed E-state index contributed by atoms with van der Waals surface area (Å²) >= 11 is 0. The third-order valence-electron chi connectivity index (χ3n) is 0. The Bertz CT molecular complexity index is 3.25. The van der Waals surface area contributed by atoms with E-state index in [2.05, 4.69) is 0 Å². The van der Waals surface area contributed by atoms with Crippen molar-refractivity contribution in [1.29, 1.82) is 0 Å². The monoisotopic (exact) mass is 113 g/mol. The zero-order chi connectivity index (χ0) is 0. The SMILES string of the molecule is [Fe].[OH3+].[OH3+].[OH3+]. The summed E-state index contributed by atoms with van der Waals surface area (Å²) in [5, 5.41) is 0. The smallest absolute Gasteiger partial charge is 0 e. The second-order valence-corrected chi connectivity index (χ2v) is 0. The van der Waals surface area contributed by atoms with Crippen molar-refractivity contribution in [3.63, 3.8) is 0 Å².